The number of H-pyrrole nitrogens is 1. The van der Waals surface area contributed by atoms with Crippen LogP contribution in [0.15, 0.2) is 45.5 Å². The second-order valence-electron chi connectivity index (χ2n) is 6.55. The third kappa shape index (κ3) is 4.86. The SMILES string of the molecule is CSCC[C@H](NC(=O)CCc1nnc(-c2ccsc2)o1)c1nc2ccccc2[nH]1. The lowest BCUT2D eigenvalue weighted by Gasteiger charge is -2.16. The summed E-state index contributed by atoms with van der Waals surface area (Å²) in [6.45, 7) is 0. The molecule has 150 valence electrons. The Hall–Kier alpha value is -2.65. The maximum absolute atomic E-state index is 12.6. The Kier molecular flexibility index (Phi) is 6.26. The highest BCUT2D eigenvalue weighted by atomic mass is 32.2. The lowest BCUT2D eigenvalue weighted by molar-refractivity contribution is -0.122. The fourth-order valence-electron chi connectivity index (χ4n) is 2.99. The van der Waals surface area contributed by atoms with Crippen molar-refractivity contribution in [1.29, 1.82) is 0 Å². The van der Waals surface area contributed by atoms with Gasteiger partial charge in [-0.15, -0.1) is 10.2 Å². The molecule has 0 saturated carbocycles. The second-order valence-corrected chi connectivity index (χ2v) is 8.32. The van der Waals surface area contributed by atoms with Crippen LogP contribution in [0.2, 0.25) is 0 Å². The molecule has 3 aromatic heterocycles. The number of aromatic nitrogens is 4. The zero-order chi connectivity index (χ0) is 20.1. The molecule has 9 heteroatoms. The van der Waals surface area contributed by atoms with Gasteiger partial charge in [0.2, 0.25) is 17.7 Å². The van der Waals surface area contributed by atoms with Crippen LogP contribution in [0.1, 0.15) is 30.6 Å². The number of nitrogens with zero attached hydrogens (tertiary/aromatic N) is 3. The number of imidazole rings is 1. The Morgan fingerprint density at radius 3 is 3.00 bits per heavy atom. The fraction of sp³-hybridized carbons (Fsp3) is 0.300. The third-order valence-electron chi connectivity index (χ3n) is 4.48. The van der Waals surface area contributed by atoms with E-state index >= 15 is 0 Å². The zero-order valence-corrected chi connectivity index (χ0v) is 17.6. The number of amides is 1. The number of hydrogen-bond donors (Lipinski definition) is 2. The van der Waals surface area contributed by atoms with Gasteiger partial charge in [-0.05, 0) is 42.0 Å². The number of aromatic amines is 1. The fourth-order valence-corrected chi connectivity index (χ4v) is 4.10. The summed E-state index contributed by atoms with van der Waals surface area (Å²) in [5.41, 5.74) is 2.77. The molecular weight excluding hydrogens is 406 g/mol. The number of thioether (sulfide) groups is 1. The topological polar surface area (TPSA) is 96.7 Å². The maximum atomic E-state index is 12.6. The van der Waals surface area contributed by atoms with E-state index in [4.69, 9.17) is 4.42 Å². The quantitative estimate of drug-likeness (QED) is 0.415. The molecule has 4 aromatic rings. The number of rotatable bonds is 9. The minimum Gasteiger partial charge on any atom is -0.421 e. The van der Waals surface area contributed by atoms with E-state index in [1.807, 2.05) is 41.1 Å². The van der Waals surface area contributed by atoms with Crippen LogP contribution in [0.5, 0.6) is 0 Å². The number of aryl methyl sites for hydroxylation is 1. The Bertz CT molecular complexity index is 1040. The van der Waals surface area contributed by atoms with Crippen molar-refractivity contribution in [2.45, 2.75) is 25.3 Å². The van der Waals surface area contributed by atoms with Gasteiger partial charge in [0.1, 0.15) is 5.82 Å². The average Bonchev–Trinajstić information content (AvgIpc) is 3.48. The summed E-state index contributed by atoms with van der Waals surface area (Å²) in [6.07, 6.45) is 3.54. The number of thiophene rings is 1. The maximum Gasteiger partial charge on any atom is 0.248 e. The molecular formula is C20H21N5O2S2. The van der Waals surface area contributed by atoms with Gasteiger partial charge < -0.3 is 14.7 Å². The molecule has 0 aliphatic rings. The molecule has 1 atom stereocenters. The average molecular weight is 428 g/mol. The summed E-state index contributed by atoms with van der Waals surface area (Å²) in [4.78, 5) is 20.5. The minimum atomic E-state index is -0.161. The van der Waals surface area contributed by atoms with Crippen LogP contribution in [0, 0.1) is 0 Å². The molecule has 0 unspecified atom stereocenters. The van der Waals surface area contributed by atoms with Crippen LogP contribution in [-0.2, 0) is 11.2 Å². The van der Waals surface area contributed by atoms with Gasteiger partial charge in [0.05, 0.1) is 17.1 Å². The van der Waals surface area contributed by atoms with E-state index in [9.17, 15) is 4.79 Å². The van der Waals surface area contributed by atoms with Crippen molar-refractivity contribution in [3.8, 4) is 11.5 Å². The largest absolute Gasteiger partial charge is 0.421 e. The Morgan fingerprint density at radius 2 is 2.21 bits per heavy atom. The number of nitrogens with one attached hydrogen (secondary N) is 2. The summed E-state index contributed by atoms with van der Waals surface area (Å²) >= 11 is 3.32. The minimum absolute atomic E-state index is 0.0631. The number of fused-ring (bicyclic) bond motifs is 1. The predicted molar refractivity (Wildman–Crippen MR) is 116 cm³/mol. The molecule has 0 fully saturated rings. The summed E-state index contributed by atoms with van der Waals surface area (Å²) in [6, 6.07) is 9.64. The number of benzene rings is 1. The highest BCUT2D eigenvalue weighted by molar-refractivity contribution is 7.98. The zero-order valence-electron chi connectivity index (χ0n) is 15.9. The van der Waals surface area contributed by atoms with Crippen LogP contribution in [0.25, 0.3) is 22.5 Å². The van der Waals surface area contributed by atoms with E-state index in [-0.39, 0.29) is 18.4 Å². The molecule has 0 radical (unpaired) electrons. The van der Waals surface area contributed by atoms with Gasteiger partial charge in [-0.25, -0.2) is 4.98 Å². The lowest BCUT2D eigenvalue weighted by atomic mass is 10.2. The van der Waals surface area contributed by atoms with Gasteiger partial charge in [0.25, 0.3) is 0 Å². The molecule has 29 heavy (non-hydrogen) atoms. The monoisotopic (exact) mass is 427 g/mol. The van der Waals surface area contributed by atoms with E-state index in [2.05, 4.69) is 31.7 Å². The van der Waals surface area contributed by atoms with Crippen LogP contribution in [0.4, 0.5) is 0 Å². The summed E-state index contributed by atoms with van der Waals surface area (Å²) in [7, 11) is 0. The number of para-hydroxylation sites is 2. The van der Waals surface area contributed by atoms with Gasteiger partial charge >= 0.3 is 0 Å². The first kappa shape index (κ1) is 19.7. The van der Waals surface area contributed by atoms with E-state index in [1.165, 1.54) is 0 Å². The van der Waals surface area contributed by atoms with Gasteiger partial charge in [-0.3, -0.25) is 4.79 Å². The van der Waals surface area contributed by atoms with Crippen LogP contribution < -0.4 is 5.32 Å². The first-order valence-electron chi connectivity index (χ1n) is 9.31. The predicted octanol–water partition coefficient (Wildman–Crippen LogP) is 4.22. The van der Waals surface area contributed by atoms with Gasteiger partial charge in [-0.1, -0.05) is 12.1 Å². The highest BCUT2D eigenvalue weighted by Gasteiger charge is 2.19. The van der Waals surface area contributed by atoms with Crippen LogP contribution in [-0.4, -0.2) is 38.1 Å². The van der Waals surface area contributed by atoms with Crippen molar-refractivity contribution < 1.29 is 9.21 Å². The van der Waals surface area contributed by atoms with Crippen molar-refractivity contribution in [2.75, 3.05) is 12.0 Å². The first-order chi connectivity index (χ1) is 14.2. The molecule has 7 nitrogen and oxygen atoms in total. The summed E-state index contributed by atoms with van der Waals surface area (Å²) in [5.74, 6) is 2.60. The molecule has 3 heterocycles. The van der Waals surface area contributed by atoms with E-state index in [0.29, 0.717) is 18.2 Å². The van der Waals surface area contributed by atoms with Gasteiger partial charge in [0, 0.05) is 23.8 Å². The van der Waals surface area contributed by atoms with Crippen molar-refractivity contribution in [2.24, 2.45) is 0 Å². The molecule has 0 aliphatic heterocycles. The molecule has 1 aromatic carbocycles. The molecule has 0 bridgehead atoms. The lowest BCUT2D eigenvalue weighted by Crippen LogP contribution is -2.30. The second kappa shape index (κ2) is 9.23. The molecule has 4 rings (SSSR count). The van der Waals surface area contributed by atoms with E-state index < -0.39 is 0 Å². The van der Waals surface area contributed by atoms with Crippen molar-refractivity contribution in [3.63, 3.8) is 0 Å². The Morgan fingerprint density at radius 1 is 1.31 bits per heavy atom. The van der Waals surface area contributed by atoms with Crippen molar-refractivity contribution >= 4 is 40.0 Å². The Balaban J connectivity index is 1.39. The van der Waals surface area contributed by atoms with Crippen molar-refractivity contribution in [3.05, 3.63) is 52.8 Å². The number of carbonyl (C=O) groups excluding carboxylic acids is 1. The highest BCUT2D eigenvalue weighted by Crippen LogP contribution is 2.22. The first-order valence-corrected chi connectivity index (χ1v) is 11.6. The normalized spacial score (nSPS) is 12.3. The van der Waals surface area contributed by atoms with E-state index in [1.54, 1.807) is 23.1 Å². The van der Waals surface area contributed by atoms with Gasteiger partial charge in [-0.2, -0.15) is 23.1 Å². The van der Waals surface area contributed by atoms with Crippen molar-refractivity contribution in [1.82, 2.24) is 25.5 Å². The Labute approximate surface area is 176 Å². The molecule has 0 saturated heterocycles. The van der Waals surface area contributed by atoms with E-state index in [0.717, 1.165) is 34.6 Å². The number of hydrogen-bond acceptors (Lipinski definition) is 7. The summed E-state index contributed by atoms with van der Waals surface area (Å²) in [5, 5.41) is 15.1. The van der Waals surface area contributed by atoms with Crippen LogP contribution in [0.3, 0.4) is 0 Å². The molecule has 1 amide bonds. The summed E-state index contributed by atoms with van der Waals surface area (Å²) < 4.78 is 5.66. The smallest absolute Gasteiger partial charge is 0.248 e. The third-order valence-corrected chi connectivity index (χ3v) is 5.81. The number of carbonyl (C=O) groups is 1. The van der Waals surface area contributed by atoms with Crippen LogP contribution >= 0.6 is 23.1 Å². The van der Waals surface area contributed by atoms with Gasteiger partial charge in [0.15, 0.2) is 0 Å². The molecule has 2 N–H and O–H groups in total. The molecule has 0 spiro atoms. The standard InChI is InChI=1S/C20H21N5O2S2/c1-28-10-9-16(19-22-14-4-2-3-5-15(14)23-19)21-17(26)6-7-18-24-25-20(27-18)13-8-11-29-12-13/h2-5,8,11-12,16H,6-7,9-10H2,1H3,(H,21,26)(H,22,23)/t16-/m0/s1. The molecule has 0 aliphatic carbocycles.